The van der Waals surface area contributed by atoms with Gasteiger partial charge in [0.2, 0.25) is 0 Å². The second-order valence-electron chi connectivity index (χ2n) is 4.96. The quantitative estimate of drug-likeness (QED) is 0.546. The number of rotatable bonds is 0. The van der Waals surface area contributed by atoms with E-state index in [0.29, 0.717) is 12.2 Å². The molecule has 2 aliphatic heterocycles. The lowest BCUT2D eigenvalue weighted by atomic mass is 9.73. The molecule has 1 heteroatoms. The molecule has 0 aromatic carbocycles. The molecular weight excluding hydrogens is 160 g/mol. The van der Waals surface area contributed by atoms with Crippen molar-refractivity contribution in [3.8, 4) is 0 Å². The van der Waals surface area contributed by atoms with E-state index in [-0.39, 0.29) is 0 Å². The molecule has 5 aliphatic rings. The summed E-state index contributed by atoms with van der Waals surface area (Å²) in [6.45, 7) is 0. The van der Waals surface area contributed by atoms with E-state index in [1.807, 2.05) is 0 Å². The summed E-state index contributed by atoms with van der Waals surface area (Å²) in [6, 6.07) is 0. The Hall–Kier alpha value is -0.560. The van der Waals surface area contributed by atoms with Crippen molar-refractivity contribution in [1.29, 1.82) is 0 Å². The molecule has 0 spiro atoms. The van der Waals surface area contributed by atoms with E-state index in [1.165, 1.54) is 12.8 Å². The van der Waals surface area contributed by atoms with Gasteiger partial charge in [0.05, 0.1) is 12.2 Å². The van der Waals surface area contributed by atoms with Crippen LogP contribution in [0.4, 0.5) is 0 Å². The van der Waals surface area contributed by atoms with Gasteiger partial charge >= 0.3 is 0 Å². The lowest BCUT2D eigenvalue weighted by Crippen LogP contribution is -2.36. The molecule has 4 fully saturated rings. The van der Waals surface area contributed by atoms with Gasteiger partial charge in [-0.15, -0.1) is 0 Å². The van der Waals surface area contributed by atoms with Crippen LogP contribution in [0.1, 0.15) is 12.8 Å². The highest BCUT2D eigenvalue weighted by Crippen LogP contribution is 2.58. The molecule has 6 atom stereocenters. The van der Waals surface area contributed by atoms with Gasteiger partial charge in [0, 0.05) is 11.8 Å². The first-order chi connectivity index (χ1) is 6.43. The normalized spacial score (nSPS) is 60.3. The molecule has 5 rings (SSSR count). The van der Waals surface area contributed by atoms with Gasteiger partial charge in [0.1, 0.15) is 0 Å². The number of hydrogen-bond acceptors (Lipinski definition) is 1. The first-order valence-electron chi connectivity index (χ1n) is 5.44. The van der Waals surface area contributed by atoms with Crippen LogP contribution in [-0.2, 0) is 4.74 Å². The van der Waals surface area contributed by atoms with Crippen molar-refractivity contribution in [2.45, 2.75) is 25.0 Å². The monoisotopic (exact) mass is 174 g/mol. The molecule has 3 aliphatic carbocycles. The fourth-order valence-electron chi connectivity index (χ4n) is 4.00. The van der Waals surface area contributed by atoms with E-state index in [1.54, 1.807) is 0 Å². The summed E-state index contributed by atoms with van der Waals surface area (Å²) in [6.07, 6.45) is 13.1. The smallest absolute Gasteiger partial charge is 0.0710 e. The number of ether oxygens (including phenoxy) is 1. The third-order valence-corrected chi connectivity index (χ3v) is 4.49. The summed E-state index contributed by atoms with van der Waals surface area (Å²) in [5.41, 5.74) is 0. The standard InChI is InChI=1S/C12H14O/c1-2-4-9-10-5-7-6-11(10)13-12(9)8(7)3-1/h1-4,7-12H,5-6H2. The molecule has 6 unspecified atom stereocenters. The molecule has 2 saturated carbocycles. The predicted octanol–water partition coefficient (Wildman–Crippen LogP) is 2.15. The van der Waals surface area contributed by atoms with Gasteiger partial charge in [-0.1, -0.05) is 24.3 Å². The van der Waals surface area contributed by atoms with Crippen molar-refractivity contribution >= 4 is 0 Å². The molecule has 2 heterocycles. The van der Waals surface area contributed by atoms with Gasteiger partial charge in [0.15, 0.2) is 0 Å². The molecule has 0 amide bonds. The third-order valence-electron chi connectivity index (χ3n) is 4.49. The van der Waals surface area contributed by atoms with Gasteiger partial charge < -0.3 is 4.74 Å². The van der Waals surface area contributed by atoms with Crippen molar-refractivity contribution < 1.29 is 4.74 Å². The Morgan fingerprint density at radius 1 is 1.00 bits per heavy atom. The van der Waals surface area contributed by atoms with E-state index >= 15 is 0 Å². The lowest BCUT2D eigenvalue weighted by Gasteiger charge is -2.36. The largest absolute Gasteiger partial charge is 0.373 e. The fourth-order valence-corrected chi connectivity index (χ4v) is 4.00. The zero-order valence-electron chi connectivity index (χ0n) is 7.60. The van der Waals surface area contributed by atoms with E-state index in [9.17, 15) is 0 Å². The van der Waals surface area contributed by atoms with Crippen molar-refractivity contribution in [3.05, 3.63) is 24.3 Å². The second kappa shape index (κ2) is 2.09. The van der Waals surface area contributed by atoms with E-state index < -0.39 is 0 Å². The van der Waals surface area contributed by atoms with Crippen LogP contribution in [0.2, 0.25) is 0 Å². The predicted molar refractivity (Wildman–Crippen MR) is 50.1 cm³/mol. The first kappa shape index (κ1) is 6.83. The van der Waals surface area contributed by atoms with E-state index in [0.717, 1.165) is 23.7 Å². The number of hydrogen-bond donors (Lipinski definition) is 0. The Labute approximate surface area is 78.5 Å². The SMILES string of the molecule is C1=CC2C3CC4OC2C(C=C1)C4C3. The minimum Gasteiger partial charge on any atom is -0.373 e. The topological polar surface area (TPSA) is 9.23 Å². The maximum atomic E-state index is 6.10. The lowest BCUT2D eigenvalue weighted by molar-refractivity contribution is -0.0382. The molecule has 68 valence electrons. The van der Waals surface area contributed by atoms with Crippen molar-refractivity contribution in [1.82, 2.24) is 0 Å². The molecule has 0 N–H and O–H groups in total. The minimum absolute atomic E-state index is 0.539. The van der Waals surface area contributed by atoms with Crippen molar-refractivity contribution in [2.24, 2.45) is 23.7 Å². The Kier molecular flexibility index (Phi) is 1.10. The van der Waals surface area contributed by atoms with Crippen LogP contribution >= 0.6 is 0 Å². The zero-order chi connectivity index (χ0) is 8.41. The highest BCUT2D eigenvalue weighted by Gasteiger charge is 2.58. The van der Waals surface area contributed by atoms with Crippen LogP contribution in [-0.4, -0.2) is 12.2 Å². The molecule has 1 nitrogen and oxygen atoms in total. The summed E-state index contributed by atoms with van der Waals surface area (Å²) in [5, 5.41) is 0. The Balaban J connectivity index is 1.88. The summed E-state index contributed by atoms with van der Waals surface area (Å²) < 4.78 is 6.10. The van der Waals surface area contributed by atoms with E-state index in [2.05, 4.69) is 24.3 Å². The van der Waals surface area contributed by atoms with Crippen molar-refractivity contribution in [2.75, 3.05) is 0 Å². The van der Waals surface area contributed by atoms with Gasteiger partial charge in [-0.3, -0.25) is 0 Å². The van der Waals surface area contributed by atoms with Gasteiger partial charge in [-0.25, -0.2) is 0 Å². The van der Waals surface area contributed by atoms with Gasteiger partial charge in [-0.2, -0.15) is 0 Å². The second-order valence-corrected chi connectivity index (χ2v) is 4.96. The maximum absolute atomic E-state index is 6.10. The van der Waals surface area contributed by atoms with Crippen LogP contribution in [0.25, 0.3) is 0 Å². The molecule has 0 aromatic heterocycles. The highest BCUT2D eigenvalue weighted by atomic mass is 16.5. The molecule has 0 aromatic rings. The van der Waals surface area contributed by atoms with Gasteiger partial charge in [0.25, 0.3) is 0 Å². The highest BCUT2D eigenvalue weighted by molar-refractivity contribution is 5.22. The maximum Gasteiger partial charge on any atom is 0.0710 e. The van der Waals surface area contributed by atoms with E-state index in [4.69, 9.17) is 4.74 Å². The Morgan fingerprint density at radius 2 is 1.85 bits per heavy atom. The Morgan fingerprint density at radius 3 is 2.77 bits per heavy atom. The van der Waals surface area contributed by atoms with Crippen LogP contribution in [0.5, 0.6) is 0 Å². The average molecular weight is 174 g/mol. The molecule has 13 heavy (non-hydrogen) atoms. The molecular formula is C12H14O. The summed E-state index contributed by atoms with van der Waals surface area (Å²) in [4.78, 5) is 0. The average Bonchev–Trinajstić information content (AvgIpc) is 2.53. The summed E-state index contributed by atoms with van der Waals surface area (Å²) >= 11 is 0. The van der Waals surface area contributed by atoms with Crippen LogP contribution < -0.4 is 0 Å². The van der Waals surface area contributed by atoms with Gasteiger partial charge in [-0.05, 0) is 24.7 Å². The van der Waals surface area contributed by atoms with Crippen LogP contribution in [0.15, 0.2) is 24.3 Å². The summed E-state index contributed by atoms with van der Waals surface area (Å²) in [5.74, 6) is 3.28. The van der Waals surface area contributed by atoms with Crippen LogP contribution in [0.3, 0.4) is 0 Å². The summed E-state index contributed by atoms with van der Waals surface area (Å²) in [7, 11) is 0. The Bertz CT molecular complexity index is 290. The first-order valence-corrected chi connectivity index (χ1v) is 5.44. The molecule has 2 saturated heterocycles. The molecule has 6 bridgehead atoms. The minimum atomic E-state index is 0.539. The zero-order valence-corrected chi connectivity index (χ0v) is 7.60. The third kappa shape index (κ3) is 0.690. The number of allylic oxidation sites excluding steroid dienone is 2. The van der Waals surface area contributed by atoms with Crippen molar-refractivity contribution in [3.63, 3.8) is 0 Å². The van der Waals surface area contributed by atoms with Crippen LogP contribution in [0, 0.1) is 23.7 Å². The fraction of sp³-hybridized carbons (Fsp3) is 0.667. The molecule has 0 radical (unpaired) electrons.